The number of nitrogens with zero attached hydrogens (tertiary/aromatic N) is 1. The molecule has 0 unspecified atom stereocenters. The van der Waals surface area contributed by atoms with Crippen LogP contribution in [0.4, 0.5) is 10.5 Å². The summed E-state index contributed by atoms with van der Waals surface area (Å²) in [6.07, 6.45) is 0.214. The van der Waals surface area contributed by atoms with Crippen LogP contribution in [0.3, 0.4) is 0 Å². The Bertz CT molecular complexity index is 1080. The Balaban J connectivity index is 1.43. The van der Waals surface area contributed by atoms with Gasteiger partial charge in [0.2, 0.25) is 0 Å². The van der Waals surface area contributed by atoms with E-state index in [-0.39, 0.29) is 12.5 Å². The first-order valence-corrected chi connectivity index (χ1v) is 10.1. The van der Waals surface area contributed by atoms with E-state index < -0.39 is 17.6 Å². The van der Waals surface area contributed by atoms with Gasteiger partial charge in [-0.05, 0) is 47.2 Å². The van der Waals surface area contributed by atoms with Crippen molar-refractivity contribution >= 4 is 17.7 Å². The third kappa shape index (κ3) is 2.86. The molecule has 0 atom stereocenters. The second-order valence-electron chi connectivity index (χ2n) is 7.81. The van der Waals surface area contributed by atoms with Crippen LogP contribution >= 0.6 is 0 Å². The average molecular weight is 399 g/mol. The molecule has 5 heteroatoms. The summed E-state index contributed by atoms with van der Waals surface area (Å²) in [5.74, 6) is -1.07. The number of rotatable bonds is 5. The Morgan fingerprint density at radius 2 is 1.40 bits per heavy atom. The van der Waals surface area contributed by atoms with Crippen LogP contribution in [0.25, 0.3) is 11.1 Å². The molecule has 1 saturated carbocycles. The van der Waals surface area contributed by atoms with E-state index in [9.17, 15) is 14.7 Å². The number of carboxylic acid groups (broad SMARTS) is 1. The molecule has 0 heterocycles. The molecule has 0 spiro atoms. The van der Waals surface area contributed by atoms with E-state index in [1.807, 2.05) is 30.3 Å². The number of carbonyl (C=O) groups is 2. The van der Waals surface area contributed by atoms with Gasteiger partial charge in [-0.2, -0.15) is 0 Å². The van der Waals surface area contributed by atoms with Crippen molar-refractivity contribution in [1.82, 2.24) is 0 Å². The number of hydrogen-bond donors (Lipinski definition) is 1. The number of fused-ring (bicyclic) bond motifs is 3. The van der Waals surface area contributed by atoms with Crippen molar-refractivity contribution in [2.45, 2.75) is 24.3 Å². The zero-order chi connectivity index (χ0) is 20.7. The smallest absolute Gasteiger partial charge is 0.415 e. The van der Waals surface area contributed by atoms with Crippen LogP contribution in [0.15, 0.2) is 78.9 Å². The van der Waals surface area contributed by atoms with E-state index in [4.69, 9.17) is 4.74 Å². The first-order chi connectivity index (χ1) is 14.6. The van der Waals surface area contributed by atoms with E-state index in [1.54, 1.807) is 24.3 Å². The number of para-hydroxylation sites is 1. The molecule has 2 aliphatic carbocycles. The van der Waals surface area contributed by atoms with Crippen molar-refractivity contribution in [2.75, 3.05) is 11.5 Å². The highest BCUT2D eigenvalue weighted by Crippen LogP contribution is 2.46. The van der Waals surface area contributed by atoms with Crippen LogP contribution in [0, 0.1) is 0 Å². The van der Waals surface area contributed by atoms with Crippen LogP contribution < -0.4 is 4.90 Å². The minimum absolute atomic E-state index is 0.0704. The number of amides is 1. The molecular formula is C25H21NO4. The number of carboxylic acids is 1. The summed E-state index contributed by atoms with van der Waals surface area (Å²) < 4.78 is 5.76. The van der Waals surface area contributed by atoms with E-state index >= 15 is 0 Å². The second-order valence-corrected chi connectivity index (χ2v) is 7.81. The van der Waals surface area contributed by atoms with Crippen molar-refractivity contribution in [3.05, 3.63) is 90.0 Å². The zero-order valence-electron chi connectivity index (χ0n) is 16.3. The summed E-state index contributed by atoms with van der Waals surface area (Å²) in [5.41, 5.74) is 3.87. The zero-order valence-corrected chi connectivity index (χ0v) is 16.3. The maximum atomic E-state index is 13.2. The molecule has 1 amide bonds. The topological polar surface area (TPSA) is 66.8 Å². The molecule has 0 aromatic heterocycles. The van der Waals surface area contributed by atoms with Crippen molar-refractivity contribution in [2.24, 2.45) is 0 Å². The van der Waals surface area contributed by atoms with Crippen molar-refractivity contribution in [1.29, 1.82) is 0 Å². The normalized spacial score (nSPS) is 15.7. The van der Waals surface area contributed by atoms with Crippen molar-refractivity contribution < 1.29 is 19.4 Å². The van der Waals surface area contributed by atoms with Gasteiger partial charge in [-0.25, -0.2) is 9.59 Å². The molecule has 0 saturated heterocycles. The van der Waals surface area contributed by atoms with Gasteiger partial charge in [-0.3, -0.25) is 4.90 Å². The first-order valence-electron chi connectivity index (χ1n) is 10.1. The van der Waals surface area contributed by atoms with Gasteiger partial charge in [0, 0.05) is 11.6 Å². The molecule has 1 fully saturated rings. The molecule has 3 aromatic carbocycles. The summed E-state index contributed by atoms with van der Waals surface area (Å²) in [7, 11) is 0. The number of carbonyl (C=O) groups excluding carboxylic acids is 1. The first kappa shape index (κ1) is 18.4. The fraction of sp³-hybridized carbons (Fsp3) is 0.200. The lowest BCUT2D eigenvalue weighted by Gasteiger charge is -2.29. The maximum Gasteiger partial charge on any atom is 0.415 e. The Labute approximate surface area is 174 Å². The molecule has 3 aromatic rings. The lowest BCUT2D eigenvalue weighted by molar-refractivity contribution is -0.139. The van der Waals surface area contributed by atoms with Gasteiger partial charge in [-0.1, -0.05) is 66.7 Å². The molecule has 0 radical (unpaired) electrons. The SMILES string of the molecule is O=C(OCC1c2ccccc2-c2ccccc21)N(c1ccccc1)C1(C(=O)O)CC1. The Kier molecular flexibility index (Phi) is 4.31. The minimum Gasteiger partial charge on any atom is -0.479 e. The second kappa shape index (κ2) is 7.02. The van der Waals surface area contributed by atoms with E-state index in [0.717, 1.165) is 22.3 Å². The molecule has 5 nitrogen and oxygen atoms in total. The van der Waals surface area contributed by atoms with Gasteiger partial charge >= 0.3 is 12.1 Å². The number of hydrogen-bond acceptors (Lipinski definition) is 3. The fourth-order valence-corrected chi connectivity index (χ4v) is 4.41. The van der Waals surface area contributed by atoms with E-state index in [1.165, 1.54) is 4.90 Å². The highest BCUT2D eigenvalue weighted by Gasteiger charge is 2.58. The summed E-state index contributed by atoms with van der Waals surface area (Å²) in [6, 6.07) is 25.1. The van der Waals surface area contributed by atoms with Gasteiger partial charge in [0.25, 0.3) is 0 Å². The van der Waals surface area contributed by atoms with Crippen molar-refractivity contribution in [3.63, 3.8) is 0 Å². The molecule has 0 aliphatic heterocycles. The van der Waals surface area contributed by atoms with E-state index in [0.29, 0.717) is 18.5 Å². The van der Waals surface area contributed by atoms with Gasteiger partial charge in [0.1, 0.15) is 12.1 Å². The van der Waals surface area contributed by atoms with Crippen LogP contribution in [0.5, 0.6) is 0 Å². The fourth-order valence-electron chi connectivity index (χ4n) is 4.41. The summed E-state index contributed by atoms with van der Waals surface area (Å²) in [5, 5.41) is 9.78. The average Bonchev–Trinajstić information content (AvgIpc) is 3.51. The molecule has 1 N–H and O–H groups in total. The summed E-state index contributed by atoms with van der Waals surface area (Å²) in [4.78, 5) is 26.4. The molecule has 150 valence electrons. The van der Waals surface area contributed by atoms with Gasteiger partial charge in [0.15, 0.2) is 0 Å². The Hall–Kier alpha value is -3.60. The van der Waals surface area contributed by atoms with E-state index in [2.05, 4.69) is 24.3 Å². The monoisotopic (exact) mass is 399 g/mol. The quantitative estimate of drug-likeness (QED) is 0.651. The molecular weight excluding hydrogens is 378 g/mol. The third-order valence-electron chi connectivity index (χ3n) is 6.08. The predicted molar refractivity (Wildman–Crippen MR) is 114 cm³/mol. The molecule has 5 rings (SSSR count). The minimum atomic E-state index is -1.22. The highest BCUT2D eigenvalue weighted by atomic mass is 16.6. The standard InChI is InChI=1S/C25H21NO4/c27-23(28)25(14-15-25)26(17-8-2-1-3-9-17)24(29)30-16-22-20-12-6-4-10-18(20)19-11-5-7-13-21(19)22/h1-13,22H,14-16H2,(H,27,28). The number of aliphatic carboxylic acids is 1. The largest absolute Gasteiger partial charge is 0.479 e. The van der Waals surface area contributed by atoms with Gasteiger partial charge in [-0.15, -0.1) is 0 Å². The van der Waals surface area contributed by atoms with Gasteiger partial charge < -0.3 is 9.84 Å². The van der Waals surface area contributed by atoms with Crippen molar-refractivity contribution in [3.8, 4) is 11.1 Å². The third-order valence-corrected chi connectivity index (χ3v) is 6.08. The maximum absolute atomic E-state index is 13.2. The van der Waals surface area contributed by atoms with Crippen LogP contribution in [0.1, 0.15) is 29.9 Å². The number of ether oxygens (including phenoxy) is 1. The summed E-state index contributed by atoms with van der Waals surface area (Å²) >= 11 is 0. The van der Waals surface area contributed by atoms with Crippen LogP contribution in [-0.4, -0.2) is 29.3 Å². The van der Waals surface area contributed by atoms with Crippen LogP contribution in [-0.2, 0) is 9.53 Å². The number of benzene rings is 3. The Morgan fingerprint density at radius 1 is 0.867 bits per heavy atom. The van der Waals surface area contributed by atoms with Crippen LogP contribution in [0.2, 0.25) is 0 Å². The Morgan fingerprint density at radius 3 is 1.93 bits per heavy atom. The highest BCUT2D eigenvalue weighted by molar-refractivity contribution is 6.00. The molecule has 2 aliphatic rings. The number of anilines is 1. The lowest BCUT2D eigenvalue weighted by Crippen LogP contribution is -2.48. The summed E-state index contributed by atoms with van der Waals surface area (Å²) in [6.45, 7) is 0.159. The molecule has 0 bridgehead atoms. The van der Waals surface area contributed by atoms with Gasteiger partial charge in [0.05, 0.1) is 0 Å². The lowest BCUT2D eigenvalue weighted by atomic mass is 9.98. The predicted octanol–water partition coefficient (Wildman–Crippen LogP) is 5.06. The molecule has 30 heavy (non-hydrogen) atoms.